The van der Waals surface area contributed by atoms with Crippen LogP contribution in [-0.4, -0.2) is 12.1 Å². The van der Waals surface area contributed by atoms with Gasteiger partial charge in [0.05, 0.1) is 18.8 Å². The normalized spacial score (nSPS) is 20.4. The Labute approximate surface area is 162 Å². The topological polar surface area (TPSA) is 33.7 Å². The quantitative estimate of drug-likeness (QED) is 0.712. The van der Waals surface area contributed by atoms with Crippen LogP contribution in [0.3, 0.4) is 0 Å². The van der Waals surface area contributed by atoms with E-state index in [0.717, 1.165) is 33.9 Å². The van der Waals surface area contributed by atoms with Crippen LogP contribution < -0.4 is 14.9 Å². The largest absolute Gasteiger partial charge is 0.497 e. The Bertz CT molecular complexity index is 1050. The lowest BCUT2D eigenvalue weighted by atomic mass is 10.0. The second-order valence-electron chi connectivity index (χ2n) is 6.84. The van der Waals surface area contributed by atoms with Gasteiger partial charge in [0.15, 0.2) is 6.23 Å². The number of hydrogen-bond acceptors (Lipinski definition) is 4. The number of halogens is 1. The van der Waals surface area contributed by atoms with Crippen molar-refractivity contribution in [1.29, 1.82) is 0 Å². The summed E-state index contributed by atoms with van der Waals surface area (Å²) in [5.41, 5.74) is 7.47. The second kappa shape index (κ2) is 6.69. The van der Waals surface area contributed by atoms with E-state index in [1.807, 2.05) is 42.5 Å². The van der Waals surface area contributed by atoms with Crippen LogP contribution in [0.5, 0.6) is 11.5 Å². The summed E-state index contributed by atoms with van der Waals surface area (Å²) in [5.74, 6) is 1.38. The molecule has 3 aromatic rings. The SMILES string of the molecule is COc1cccc(C2=C[C@@H]3c4ccccc4O[C@@H](c4ccc(F)cc4)N3N2)c1. The van der Waals surface area contributed by atoms with Crippen molar-refractivity contribution in [2.24, 2.45) is 0 Å². The maximum absolute atomic E-state index is 13.4. The van der Waals surface area contributed by atoms with Gasteiger partial charge in [-0.15, -0.1) is 0 Å². The van der Waals surface area contributed by atoms with Gasteiger partial charge in [0.2, 0.25) is 0 Å². The number of ether oxygens (including phenoxy) is 2. The molecule has 140 valence electrons. The summed E-state index contributed by atoms with van der Waals surface area (Å²) in [6, 6.07) is 22.4. The van der Waals surface area contributed by atoms with Gasteiger partial charge in [0.25, 0.3) is 0 Å². The Kier molecular flexibility index (Phi) is 4.02. The maximum Gasteiger partial charge on any atom is 0.195 e. The van der Waals surface area contributed by atoms with Gasteiger partial charge >= 0.3 is 0 Å². The fourth-order valence-corrected chi connectivity index (χ4v) is 3.74. The molecule has 2 atom stereocenters. The fourth-order valence-electron chi connectivity index (χ4n) is 3.74. The van der Waals surface area contributed by atoms with Gasteiger partial charge in [-0.05, 0) is 36.4 Å². The molecule has 0 amide bonds. The second-order valence-corrected chi connectivity index (χ2v) is 6.84. The molecule has 0 unspecified atom stereocenters. The van der Waals surface area contributed by atoms with Crippen LogP contribution in [0, 0.1) is 5.82 Å². The van der Waals surface area contributed by atoms with Crippen molar-refractivity contribution in [3.63, 3.8) is 0 Å². The van der Waals surface area contributed by atoms with Crippen LogP contribution in [0.15, 0.2) is 78.9 Å². The number of methoxy groups -OCH3 is 1. The number of nitrogens with zero attached hydrogens (tertiary/aromatic N) is 1. The number of hydrazine groups is 1. The highest BCUT2D eigenvalue weighted by Gasteiger charge is 2.40. The third kappa shape index (κ3) is 2.80. The summed E-state index contributed by atoms with van der Waals surface area (Å²) < 4.78 is 25.1. The highest BCUT2D eigenvalue weighted by Crippen LogP contribution is 2.45. The van der Waals surface area contributed by atoms with Gasteiger partial charge in [-0.1, -0.05) is 42.5 Å². The van der Waals surface area contributed by atoms with Crippen LogP contribution in [0.2, 0.25) is 0 Å². The zero-order valence-electron chi connectivity index (χ0n) is 15.3. The minimum atomic E-state index is -0.375. The molecule has 0 saturated carbocycles. The van der Waals surface area contributed by atoms with Gasteiger partial charge in [-0.25, -0.2) is 4.39 Å². The highest BCUT2D eigenvalue weighted by molar-refractivity contribution is 5.68. The van der Waals surface area contributed by atoms with Crippen molar-refractivity contribution >= 4 is 5.70 Å². The van der Waals surface area contributed by atoms with E-state index in [1.165, 1.54) is 12.1 Å². The molecule has 5 rings (SSSR count). The fraction of sp³-hybridized carbons (Fsp3) is 0.130. The van der Waals surface area contributed by atoms with E-state index in [-0.39, 0.29) is 18.1 Å². The predicted molar refractivity (Wildman–Crippen MR) is 105 cm³/mol. The first-order valence-corrected chi connectivity index (χ1v) is 9.15. The van der Waals surface area contributed by atoms with E-state index < -0.39 is 0 Å². The average molecular weight is 374 g/mol. The van der Waals surface area contributed by atoms with Crippen LogP contribution in [0.1, 0.15) is 29.0 Å². The molecule has 0 aliphatic carbocycles. The zero-order chi connectivity index (χ0) is 19.1. The van der Waals surface area contributed by atoms with E-state index in [0.29, 0.717) is 0 Å². The molecule has 0 spiro atoms. The van der Waals surface area contributed by atoms with Gasteiger partial charge in [-0.2, -0.15) is 5.01 Å². The Morgan fingerprint density at radius 2 is 1.82 bits per heavy atom. The molecule has 0 fully saturated rings. The van der Waals surface area contributed by atoms with Crippen LogP contribution in [0.4, 0.5) is 4.39 Å². The van der Waals surface area contributed by atoms with E-state index in [9.17, 15) is 4.39 Å². The predicted octanol–water partition coefficient (Wildman–Crippen LogP) is 4.83. The molecule has 5 heteroatoms. The van der Waals surface area contributed by atoms with E-state index in [2.05, 4.69) is 22.6 Å². The molecule has 0 bridgehead atoms. The molecular weight excluding hydrogens is 355 g/mol. The van der Waals surface area contributed by atoms with Crippen LogP contribution >= 0.6 is 0 Å². The molecule has 2 aliphatic heterocycles. The first kappa shape index (κ1) is 16.8. The molecule has 2 heterocycles. The maximum atomic E-state index is 13.4. The zero-order valence-corrected chi connectivity index (χ0v) is 15.3. The van der Waals surface area contributed by atoms with Crippen molar-refractivity contribution in [3.05, 3.63) is 101 Å². The Morgan fingerprint density at radius 3 is 2.64 bits per heavy atom. The first-order valence-electron chi connectivity index (χ1n) is 9.15. The number of rotatable bonds is 3. The summed E-state index contributed by atoms with van der Waals surface area (Å²) in [4.78, 5) is 0. The lowest BCUT2D eigenvalue weighted by molar-refractivity contribution is -0.0326. The summed E-state index contributed by atoms with van der Waals surface area (Å²) in [6.45, 7) is 0. The minimum absolute atomic E-state index is 0.00111. The molecule has 2 aliphatic rings. The van der Waals surface area contributed by atoms with Gasteiger partial charge in [0, 0.05) is 16.7 Å². The molecule has 0 aromatic heterocycles. The highest BCUT2D eigenvalue weighted by atomic mass is 19.1. The van der Waals surface area contributed by atoms with Gasteiger partial charge < -0.3 is 14.9 Å². The van der Waals surface area contributed by atoms with E-state index in [1.54, 1.807) is 19.2 Å². The lowest BCUT2D eigenvalue weighted by Gasteiger charge is -2.38. The van der Waals surface area contributed by atoms with Crippen LogP contribution in [-0.2, 0) is 0 Å². The molecule has 3 aromatic carbocycles. The number of fused-ring (bicyclic) bond motifs is 3. The molecular formula is C23H19FN2O2. The van der Waals surface area contributed by atoms with Crippen molar-refractivity contribution in [3.8, 4) is 11.5 Å². The molecule has 4 nitrogen and oxygen atoms in total. The molecule has 0 saturated heterocycles. The van der Waals surface area contributed by atoms with Crippen molar-refractivity contribution in [1.82, 2.24) is 10.4 Å². The first-order chi connectivity index (χ1) is 13.7. The Morgan fingerprint density at radius 1 is 1.00 bits per heavy atom. The number of hydrogen-bond donors (Lipinski definition) is 1. The summed E-state index contributed by atoms with van der Waals surface area (Å²) in [5, 5.41) is 2.06. The smallest absolute Gasteiger partial charge is 0.195 e. The summed E-state index contributed by atoms with van der Waals surface area (Å²) >= 11 is 0. The number of benzene rings is 3. The number of nitrogens with one attached hydrogen (secondary N) is 1. The standard InChI is InChI=1S/C23H19FN2O2/c1-27-18-6-4-5-16(13-18)20-14-21-19-7-2-3-8-22(19)28-23(26(21)25-20)15-9-11-17(24)12-10-15/h2-14,21,23,25H,1H3/t21-,23+/m1/s1. The number of para-hydroxylation sites is 1. The third-order valence-electron chi connectivity index (χ3n) is 5.14. The van der Waals surface area contributed by atoms with Crippen molar-refractivity contribution in [2.75, 3.05) is 7.11 Å². The Hall–Kier alpha value is -3.31. The summed E-state index contributed by atoms with van der Waals surface area (Å²) in [7, 11) is 1.66. The van der Waals surface area contributed by atoms with Crippen molar-refractivity contribution in [2.45, 2.75) is 12.3 Å². The van der Waals surface area contributed by atoms with Crippen molar-refractivity contribution < 1.29 is 13.9 Å². The third-order valence-corrected chi connectivity index (χ3v) is 5.14. The molecule has 0 radical (unpaired) electrons. The monoisotopic (exact) mass is 374 g/mol. The Balaban J connectivity index is 1.57. The minimum Gasteiger partial charge on any atom is -0.497 e. The van der Waals surface area contributed by atoms with E-state index >= 15 is 0 Å². The molecule has 1 N–H and O–H groups in total. The lowest BCUT2D eigenvalue weighted by Crippen LogP contribution is -2.43. The van der Waals surface area contributed by atoms with E-state index in [4.69, 9.17) is 9.47 Å². The van der Waals surface area contributed by atoms with Gasteiger partial charge in [-0.3, -0.25) is 0 Å². The average Bonchev–Trinajstić information content (AvgIpc) is 3.20. The van der Waals surface area contributed by atoms with Gasteiger partial charge in [0.1, 0.15) is 17.3 Å². The summed E-state index contributed by atoms with van der Waals surface area (Å²) in [6.07, 6.45) is 1.81. The molecule has 28 heavy (non-hydrogen) atoms. The van der Waals surface area contributed by atoms with Crippen LogP contribution in [0.25, 0.3) is 5.70 Å².